The summed E-state index contributed by atoms with van der Waals surface area (Å²) in [5.74, 6) is -0.825. The van der Waals surface area contributed by atoms with Gasteiger partial charge in [0.25, 0.3) is 11.5 Å². The van der Waals surface area contributed by atoms with Crippen molar-refractivity contribution < 1.29 is 23.1 Å². The molecule has 1 heterocycles. The number of aliphatic hydroxyl groups is 1. The first-order valence-electron chi connectivity index (χ1n) is 10.2. The zero-order chi connectivity index (χ0) is 24.0. The van der Waals surface area contributed by atoms with Crippen molar-refractivity contribution in [1.82, 2.24) is 9.88 Å². The maximum absolute atomic E-state index is 12.7. The van der Waals surface area contributed by atoms with E-state index >= 15 is 0 Å². The summed E-state index contributed by atoms with van der Waals surface area (Å²) in [5, 5.41) is 12.9. The highest BCUT2D eigenvalue weighted by Crippen LogP contribution is 2.29. The molecule has 0 saturated carbocycles. The number of aliphatic hydroxyl groups excluding tert-OH is 1. The van der Waals surface area contributed by atoms with E-state index in [9.17, 15) is 27.9 Å². The Kier molecular flexibility index (Phi) is 7.94. The number of hydrogen-bond acceptors (Lipinski definition) is 3. The molecule has 1 unspecified atom stereocenters. The van der Waals surface area contributed by atoms with Crippen LogP contribution >= 0.6 is 11.6 Å². The molecular weight excluding hydrogens is 457 g/mol. The van der Waals surface area contributed by atoms with Crippen molar-refractivity contribution in [2.24, 2.45) is 5.92 Å². The third kappa shape index (κ3) is 6.69. The van der Waals surface area contributed by atoms with Crippen LogP contribution in [0.15, 0.2) is 71.7 Å². The zero-order valence-electron chi connectivity index (χ0n) is 17.5. The van der Waals surface area contributed by atoms with Crippen molar-refractivity contribution in [3.8, 4) is 0 Å². The largest absolute Gasteiger partial charge is 0.416 e. The molecule has 1 atom stereocenters. The molecule has 0 saturated heterocycles. The highest BCUT2D eigenvalue weighted by atomic mass is 35.5. The SMILES string of the molecule is O=C(NCC(CO)Cc1ccc(C(F)(F)F)cc1)c1ccc(=O)n(Cc2ccccc2Cl)c1. The lowest BCUT2D eigenvalue weighted by Gasteiger charge is -2.16. The van der Waals surface area contributed by atoms with Gasteiger partial charge in [0, 0.05) is 36.4 Å². The van der Waals surface area contributed by atoms with Gasteiger partial charge in [0.1, 0.15) is 0 Å². The lowest BCUT2D eigenvalue weighted by molar-refractivity contribution is -0.137. The minimum Gasteiger partial charge on any atom is -0.396 e. The Morgan fingerprint density at radius 3 is 2.39 bits per heavy atom. The summed E-state index contributed by atoms with van der Waals surface area (Å²) in [5.41, 5.74) is 0.571. The second-order valence-electron chi connectivity index (χ2n) is 7.63. The number of nitrogens with one attached hydrogen (secondary N) is 1. The number of pyridine rings is 1. The van der Waals surface area contributed by atoms with Crippen molar-refractivity contribution >= 4 is 17.5 Å². The van der Waals surface area contributed by atoms with E-state index < -0.39 is 17.6 Å². The minimum atomic E-state index is -4.41. The fraction of sp³-hybridized carbons (Fsp3) is 0.250. The molecule has 1 aromatic heterocycles. The number of amides is 1. The Balaban J connectivity index is 1.63. The average molecular weight is 479 g/mol. The fourth-order valence-corrected chi connectivity index (χ4v) is 3.50. The predicted octanol–water partition coefficient (Wildman–Crippen LogP) is 4.15. The van der Waals surface area contributed by atoms with E-state index in [0.717, 1.165) is 17.7 Å². The van der Waals surface area contributed by atoms with Crippen LogP contribution in [-0.2, 0) is 19.1 Å². The van der Waals surface area contributed by atoms with Crippen molar-refractivity contribution in [2.75, 3.05) is 13.2 Å². The van der Waals surface area contributed by atoms with Crippen molar-refractivity contribution in [1.29, 1.82) is 0 Å². The number of halogens is 4. The lowest BCUT2D eigenvalue weighted by Crippen LogP contribution is -2.33. The van der Waals surface area contributed by atoms with E-state index in [1.807, 2.05) is 0 Å². The summed E-state index contributed by atoms with van der Waals surface area (Å²) >= 11 is 6.15. The molecule has 2 N–H and O–H groups in total. The second kappa shape index (κ2) is 10.7. The zero-order valence-corrected chi connectivity index (χ0v) is 18.2. The van der Waals surface area contributed by atoms with E-state index in [1.54, 1.807) is 24.3 Å². The van der Waals surface area contributed by atoms with Crippen LogP contribution in [0.25, 0.3) is 0 Å². The first-order valence-corrected chi connectivity index (χ1v) is 10.5. The Morgan fingerprint density at radius 2 is 1.76 bits per heavy atom. The van der Waals surface area contributed by atoms with E-state index in [4.69, 9.17) is 11.6 Å². The van der Waals surface area contributed by atoms with Gasteiger partial charge in [0.05, 0.1) is 17.7 Å². The second-order valence-corrected chi connectivity index (χ2v) is 8.04. The number of rotatable bonds is 8. The number of hydrogen-bond donors (Lipinski definition) is 2. The predicted molar refractivity (Wildman–Crippen MR) is 119 cm³/mol. The van der Waals surface area contributed by atoms with Gasteiger partial charge in [-0.05, 0) is 41.8 Å². The number of benzene rings is 2. The summed E-state index contributed by atoms with van der Waals surface area (Å²) < 4.78 is 39.5. The highest BCUT2D eigenvalue weighted by Gasteiger charge is 2.30. The molecule has 0 radical (unpaired) electrons. The number of carbonyl (C=O) groups is 1. The van der Waals surface area contributed by atoms with Crippen LogP contribution < -0.4 is 10.9 Å². The summed E-state index contributed by atoms with van der Waals surface area (Å²) in [4.78, 5) is 24.8. The molecular formula is C24H22ClF3N2O3. The Morgan fingerprint density at radius 1 is 1.06 bits per heavy atom. The van der Waals surface area contributed by atoms with Gasteiger partial charge in [-0.3, -0.25) is 9.59 Å². The topological polar surface area (TPSA) is 71.3 Å². The van der Waals surface area contributed by atoms with Gasteiger partial charge in [-0.15, -0.1) is 0 Å². The van der Waals surface area contributed by atoms with Crippen LogP contribution in [-0.4, -0.2) is 28.7 Å². The molecule has 174 valence electrons. The van der Waals surface area contributed by atoms with E-state index in [-0.39, 0.29) is 36.7 Å². The third-order valence-corrected chi connectivity index (χ3v) is 5.53. The van der Waals surface area contributed by atoms with Gasteiger partial charge < -0.3 is 15.0 Å². The van der Waals surface area contributed by atoms with Crippen molar-refractivity contribution in [3.05, 3.63) is 104 Å². The van der Waals surface area contributed by atoms with Gasteiger partial charge in [0.15, 0.2) is 0 Å². The lowest BCUT2D eigenvalue weighted by atomic mass is 9.99. The number of nitrogens with zero attached hydrogens (tertiary/aromatic N) is 1. The quantitative estimate of drug-likeness (QED) is 0.511. The molecule has 3 rings (SSSR count). The molecule has 0 bridgehead atoms. The molecule has 0 fully saturated rings. The molecule has 33 heavy (non-hydrogen) atoms. The molecule has 0 spiro atoms. The highest BCUT2D eigenvalue weighted by molar-refractivity contribution is 6.31. The Bertz CT molecular complexity index is 1160. The van der Waals surface area contributed by atoms with Crippen LogP contribution in [0.3, 0.4) is 0 Å². The molecule has 5 nitrogen and oxygen atoms in total. The molecule has 0 aliphatic heterocycles. The monoisotopic (exact) mass is 478 g/mol. The Hall–Kier alpha value is -3.10. The van der Waals surface area contributed by atoms with Crippen molar-refractivity contribution in [3.63, 3.8) is 0 Å². The van der Waals surface area contributed by atoms with E-state index in [0.29, 0.717) is 17.0 Å². The van der Waals surface area contributed by atoms with Gasteiger partial charge in [-0.2, -0.15) is 13.2 Å². The summed E-state index contributed by atoms with van der Waals surface area (Å²) in [6, 6.07) is 14.5. The normalized spacial score (nSPS) is 12.4. The molecule has 2 aromatic carbocycles. The molecule has 3 aromatic rings. The first kappa shape index (κ1) is 24.5. The summed E-state index contributed by atoms with van der Waals surface area (Å²) in [6.07, 6.45) is -2.68. The first-order chi connectivity index (χ1) is 15.7. The maximum atomic E-state index is 12.7. The Labute approximate surface area is 193 Å². The maximum Gasteiger partial charge on any atom is 0.416 e. The summed E-state index contributed by atoms with van der Waals surface area (Å²) in [7, 11) is 0. The smallest absolute Gasteiger partial charge is 0.396 e. The fourth-order valence-electron chi connectivity index (χ4n) is 3.30. The van der Waals surface area contributed by atoms with Gasteiger partial charge >= 0.3 is 6.18 Å². The van der Waals surface area contributed by atoms with Crippen molar-refractivity contribution in [2.45, 2.75) is 19.1 Å². The van der Waals surface area contributed by atoms with E-state index in [2.05, 4.69) is 5.32 Å². The van der Waals surface area contributed by atoms with Crippen LogP contribution in [0.5, 0.6) is 0 Å². The number of carbonyl (C=O) groups excluding carboxylic acids is 1. The standard InChI is InChI=1S/C24H22ClF3N2O3/c25-21-4-2-1-3-18(21)13-30-14-19(7-10-22(30)32)23(33)29-12-17(15-31)11-16-5-8-20(9-6-16)24(26,27)28/h1-10,14,17,31H,11-13,15H2,(H,29,33). The van der Waals surface area contributed by atoms with Crippen LogP contribution in [0.4, 0.5) is 13.2 Å². The average Bonchev–Trinajstić information content (AvgIpc) is 2.79. The third-order valence-electron chi connectivity index (χ3n) is 5.16. The van der Waals surface area contributed by atoms with Gasteiger partial charge in [-0.1, -0.05) is 41.9 Å². The van der Waals surface area contributed by atoms with Crippen LogP contribution in [0.2, 0.25) is 5.02 Å². The van der Waals surface area contributed by atoms with Gasteiger partial charge in [-0.25, -0.2) is 0 Å². The minimum absolute atomic E-state index is 0.111. The molecule has 0 aliphatic carbocycles. The van der Waals surface area contributed by atoms with Crippen LogP contribution in [0, 0.1) is 5.92 Å². The van der Waals surface area contributed by atoms with E-state index in [1.165, 1.54) is 35.0 Å². The van der Waals surface area contributed by atoms with Crippen LogP contribution in [0.1, 0.15) is 27.0 Å². The molecule has 1 amide bonds. The molecule has 9 heteroatoms. The summed E-state index contributed by atoms with van der Waals surface area (Å²) in [6.45, 7) is 0.0557. The number of alkyl halides is 3. The molecule has 0 aliphatic rings. The van der Waals surface area contributed by atoms with Gasteiger partial charge in [0.2, 0.25) is 0 Å². The number of aromatic nitrogens is 1.